The van der Waals surface area contributed by atoms with Gasteiger partial charge in [-0.2, -0.15) is 5.26 Å². The zero-order valence-corrected chi connectivity index (χ0v) is 12.0. The van der Waals surface area contributed by atoms with Crippen molar-refractivity contribution in [1.82, 2.24) is 9.80 Å². The van der Waals surface area contributed by atoms with E-state index in [0.29, 0.717) is 18.0 Å². The van der Waals surface area contributed by atoms with Crippen molar-refractivity contribution in [3.8, 4) is 6.07 Å². The lowest BCUT2D eigenvalue weighted by atomic mass is 9.92. The summed E-state index contributed by atoms with van der Waals surface area (Å²) in [5.41, 5.74) is 5.74. The number of piperidine rings is 1. The highest BCUT2D eigenvalue weighted by atomic mass is 15.3. The molecule has 4 nitrogen and oxygen atoms in total. The van der Waals surface area contributed by atoms with E-state index in [0.717, 1.165) is 32.5 Å². The molecule has 1 aliphatic carbocycles. The maximum Gasteiger partial charge on any atom is 0.119 e. The summed E-state index contributed by atoms with van der Waals surface area (Å²) in [5.74, 6) is 0.439. The van der Waals surface area contributed by atoms with Crippen LogP contribution in [0.5, 0.6) is 0 Å². The van der Waals surface area contributed by atoms with Crippen LogP contribution in [-0.4, -0.2) is 53.6 Å². The van der Waals surface area contributed by atoms with Gasteiger partial charge in [-0.1, -0.05) is 6.42 Å². The van der Waals surface area contributed by atoms with Gasteiger partial charge in [0.05, 0.1) is 6.07 Å². The Morgan fingerprint density at radius 3 is 2.74 bits per heavy atom. The lowest BCUT2D eigenvalue weighted by Crippen LogP contribution is -2.63. The molecule has 0 radical (unpaired) electrons. The molecular weight excluding hydrogens is 236 g/mol. The average molecular weight is 262 g/mol. The van der Waals surface area contributed by atoms with Gasteiger partial charge >= 0.3 is 0 Å². The molecule has 0 aromatic rings. The van der Waals surface area contributed by atoms with Gasteiger partial charge in [-0.15, -0.1) is 0 Å². The number of rotatable bonds is 3. The first-order valence-corrected chi connectivity index (χ1v) is 7.80. The second-order valence-electron chi connectivity index (χ2n) is 6.85. The van der Waals surface area contributed by atoms with E-state index in [9.17, 15) is 5.26 Å². The Balaban J connectivity index is 1.65. The third-order valence-electron chi connectivity index (χ3n) is 5.30. The Labute approximate surface area is 116 Å². The predicted molar refractivity (Wildman–Crippen MR) is 75.5 cm³/mol. The Bertz CT molecular complexity index is 373. The Kier molecular flexibility index (Phi) is 3.55. The largest absolute Gasteiger partial charge is 0.312 e. The van der Waals surface area contributed by atoms with Crippen molar-refractivity contribution < 1.29 is 0 Å². The van der Waals surface area contributed by atoms with Gasteiger partial charge in [0, 0.05) is 31.7 Å². The number of hydrogen-bond donors (Lipinski definition) is 1. The van der Waals surface area contributed by atoms with Gasteiger partial charge in [-0.25, -0.2) is 0 Å². The van der Waals surface area contributed by atoms with Gasteiger partial charge in [0.2, 0.25) is 0 Å². The van der Waals surface area contributed by atoms with Gasteiger partial charge < -0.3 is 5.73 Å². The summed E-state index contributed by atoms with van der Waals surface area (Å²) < 4.78 is 0. The summed E-state index contributed by atoms with van der Waals surface area (Å²) >= 11 is 0. The normalized spacial score (nSPS) is 36.3. The van der Waals surface area contributed by atoms with E-state index in [4.69, 9.17) is 5.73 Å². The third-order valence-corrected chi connectivity index (χ3v) is 5.30. The second-order valence-corrected chi connectivity index (χ2v) is 6.85. The first-order chi connectivity index (χ1) is 9.12. The van der Waals surface area contributed by atoms with Crippen molar-refractivity contribution in [2.45, 2.75) is 56.7 Å². The molecule has 19 heavy (non-hydrogen) atoms. The minimum Gasteiger partial charge on any atom is -0.312 e. The third kappa shape index (κ3) is 2.65. The predicted octanol–water partition coefficient (Wildman–Crippen LogP) is 1.18. The fourth-order valence-corrected chi connectivity index (χ4v) is 3.82. The first-order valence-electron chi connectivity index (χ1n) is 7.80. The molecule has 2 aliphatic heterocycles. The van der Waals surface area contributed by atoms with Crippen LogP contribution in [-0.2, 0) is 0 Å². The van der Waals surface area contributed by atoms with Crippen LogP contribution in [0.4, 0.5) is 0 Å². The maximum absolute atomic E-state index is 9.43. The Hall–Kier alpha value is -0.630. The Morgan fingerprint density at radius 2 is 2.05 bits per heavy atom. The van der Waals surface area contributed by atoms with E-state index in [2.05, 4.69) is 22.8 Å². The molecular formula is C15H26N4. The lowest BCUT2D eigenvalue weighted by Gasteiger charge is -2.48. The number of piperazine rings is 1. The summed E-state index contributed by atoms with van der Waals surface area (Å²) in [6.07, 6.45) is 6.31. The smallest absolute Gasteiger partial charge is 0.119 e. The van der Waals surface area contributed by atoms with Crippen LogP contribution < -0.4 is 5.73 Å². The van der Waals surface area contributed by atoms with Crippen LogP contribution in [0.25, 0.3) is 0 Å². The molecule has 2 saturated heterocycles. The number of nitrogens with zero attached hydrogens (tertiary/aromatic N) is 3. The lowest BCUT2D eigenvalue weighted by molar-refractivity contribution is 0.00711. The van der Waals surface area contributed by atoms with E-state index in [1.54, 1.807) is 0 Å². The molecule has 3 unspecified atom stereocenters. The van der Waals surface area contributed by atoms with Crippen LogP contribution in [0.15, 0.2) is 0 Å². The number of hydrogen-bond acceptors (Lipinski definition) is 4. The average Bonchev–Trinajstić information content (AvgIpc) is 3.24. The van der Waals surface area contributed by atoms with Crippen molar-refractivity contribution in [3.63, 3.8) is 0 Å². The van der Waals surface area contributed by atoms with E-state index in [-0.39, 0.29) is 0 Å². The zero-order chi connectivity index (χ0) is 13.5. The van der Waals surface area contributed by atoms with Gasteiger partial charge in [0.15, 0.2) is 0 Å². The molecule has 3 aliphatic rings. The summed E-state index contributed by atoms with van der Waals surface area (Å²) in [7, 11) is 0. The van der Waals surface area contributed by atoms with E-state index in [1.807, 2.05) is 0 Å². The zero-order valence-electron chi connectivity index (χ0n) is 12.0. The molecule has 0 bridgehead atoms. The highest BCUT2D eigenvalue weighted by Gasteiger charge is 2.45. The van der Waals surface area contributed by atoms with Crippen molar-refractivity contribution in [2.24, 2.45) is 11.7 Å². The van der Waals surface area contributed by atoms with E-state index >= 15 is 0 Å². The highest BCUT2D eigenvalue weighted by molar-refractivity contribution is 5.15. The summed E-state index contributed by atoms with van der Waals surface area (Å²) in [4.78, 5) is 5.13. The van der Waals surface area contributed by atoms with Crippen LogP contribution >= 0.6 is 0 Å². The molecule has 0 amide bonds. The molecule has 2 heterocycles. The molecule has 2 N–H and O–H groups in total. The molecule has 3 fully saturated rings. The van der Waals surface area contributed by atoms with Crippen LogP contribution in [0.2, 0.25) is 0 Å². The minimum atomic E-state index is -0.606. The molecule has 3 rings (SSSR count). The number of fused-ring (bicyclic) bond motifs is 1. The van der Waals surface area contributed by atoms with Crippen molar-refractivity contribution in [3.05, 3.63) is 0 Å². The molecule has 106 valence electrons. The quantitative estimate of drug-likeness (QED) is 0.829. The van der Waals surface area contributed by atoms with Gasteiger partial charge in [0.25, 0.3) is 0 Å². The van der Waals surface area contributed by atoms with E-state index in [1.165, 1.54) is 25.8 Å². The molecule has 4 heteroatoms. The van der Waals surface area contributed by atoms with Crippen molar-refractivity contribution in [1.29, 1.82) is 5.26 Å². The molecule has 1 saturated carbocycles. The summed E-state index contributed by atoms with van der Waals surface area (Å²) in [6.45, 7) is 6.57. The van der Waals surface area contributed by atoms with Crippen LogP contribution in [0.3, 0.4) is 0 Å². The molecule has 0 spiro atoms. The van der Waals surface area contributed by atoms with Crippen molar-refractivity contribution in [2.75, 3.05) is 26.2 Å². The standard InChI is InChI=1S/C15H26N4/c1-12-8-18-7-3-2-4-14(18)9-19(12)11-15(17,10-16)13-5-6-13/h12-14H,2-9,11,17H2,1H3. The fourth-order valence-electron chi connectivity index (χ4n) is 3.82. The molecule has 0 aromatic carbocycles. The minimum absolute atomic E-state index is 0.439. The van der Waals surface area contributed by atoms with Crippen molar-refractivity contribution >= 4 is 0 Å². The van der Waals surface area contributed by atoms with Crippen LogP contribution in [0, 0.1) is 17.2 Å². The molecule has 3 atom stereocenters. The van der Waals surface area contributed by atoms with Gasteiger partial charge in [-0.05, 0) is 45.1 Å². The van der Waals surface area contributed by atoms with Gasteiger partial charge in [-0.3, -0.25) is 9.80 Å². The topological polar surface area (TPSA) is 56.3 Å². The monoisotopic (exact) mass is 262 g/mol. The highest BCUT2D eigenvalue weighted by Crippen LogP contribution is 2.39. The SMILES string of the molecule is CC1CN2CCCCC2CN1CC(N)(C#N)C1CC1. The summed E-state index contributed by atoms with van der Waals surface area (Å²) in [6, 6.07) is 3.64. The first kappa shape index (κ1) is 13.4. The van der Waals surface area contributed by atoms with Gasteiger partial charge in [0.1, 0.15) is 5.54 Å². The molecule has 0 aromatic heterocycles. The summed E-state index contributed by atoms with van der Waals surface area (Å²) in [5, 5.41) is 9.43. The number of nitrogens with two attached hydrogens (primary N) is 1. The fraction of sp³-hybridized carbons (Fsp3) is 0.933. The Morgan fingerprint density at radius 1 is 1.26 bits per heavy atom. The van der Waals surface area contributed by atoms with Crippen LogP contribution in [0.1, 0.15) is 39.0 Å². The second kappa shape index (κ2) is 5.05. The maximum atomic E-state index is 9.43. The van der Waals surface area contributed by atoms with E-state index < -0.39 is 5.54 Å². The number of nitriles is 1.